The number of fused-ring (bicyclic) bond motifs is 1. The van der Waals surface area contributed by atoms with E-state index < -0.39 is 0 Å². The smallest absolute Gasteiger partial charge is 0.181 e. The fraction of sp³-hybridized carbons (Fsp3) is 0. The van der Waals surface area contributed by atoms with E-state index in [0.29, 0.717) is 26.7 Å². The number of hydrogen-bond acceptors (Lipinski definition) is 4. The first kappa shape index (κ1) is 12.5. The maximum Gasteiger partial charge on any atom is 0.181 e. The molecule has 0 amide bonds. The number of benzene rings is 2. The molecule has 3 aromatic rings. The van der Waals surface area contributed by atoms with Gasteiger partial charge in [0.2, 0.25) is 0 Å². The summed E-state index contributed by atoms with van der Waals surface area (Å²) in [6.45, 7) is 0. The Hall–Kier alpha value is -1.49. The van der Waals surface area contributed by atoms with E-state index in [9.17, 15) is 0 Å². The molecule has 0 aliphatic heterocycles. The minimum Gasteiger partial charge on any atom is -0.456 e. The normalized spacial score (nSPS) is 10.8. The Balaban J connectivity index is 1.96. The van der Waals surface area contributed by atoms with Crippen LogP contribution in [0.1, 0.15) is 0 Å². The minimum absolute atomic E-state index is 0.469. The number of nitrogens with zero attached hydrogens (tertiary/aromatic N) is 1. The van der Waals surface area contributed by atoms with Gasteiger partial charge in [-0.1, -0.05) is 34.5 Å². The number of nitrogen functional groups attached to an aromatic ring is 1. The molecule has 0 atom stereocenters. The van der Waals surface area contributed by atoms with Crippen molar-refractivity contribution >= 4 is 49.9 Å². The summed E-state index contributed by atoms with van der Waals surface area (Å²) in [5.41, 5.74) is 6.52. The predicted octanol–water partition coefficient (Wildman–Crippen LogP) is 4.98. The Morgan fingerprint density at radius 3 is 2.74 bits per heavy atom. The maximum atomic E-state index is 6.06. The predicted molar refractivity (Wildman–Crippen MR) is 80.6 cm³/mol. The van der Waals surface area contributed by atoms with Gasteiger partial charge in [0.05, 0.1) is 15.2 Å². The van der Waals surface area contributed by atoms with Crippen molar-refractivity contribution in [1.29, 1.82) is 0 Å². The van der Waals surface area contributed by atoms with E-state index in [4.69, 9.17) is 33.7 Å². The summed E-state index contributed by atoms with van der Waals surface area (Å²) in [4.78, 5) is 4.19. The maximum absolute atomic E-state index is 6.06. The number of ether oxygens (including phenoxy) is 1. The zero-order chi connectivity index (χ0) is 13.4. The SMILES string of the molecule is Nc1nc2ccc(Oc3ccc(Cl)cc3Cl)cc2s1. The molecule has 0 unspecified atom stereocenters. The van der Waals surface area contributed by atoms with Gasteiger partial charge in [-0.05, 0) is 30.3 Å². The van der Waals surface area contributed by atoms with Crippen molar-refractivity contribution in [3.05, 3.63) is 46.4 Å². The van der Waals surface area contributed by atoms with E-state index in [1.165, 1.54) is 11.3 Å². The third-order valence-corrected chi connectivity index (χ3v) is 3.88. The Morgan fingerprint density at radius 2 is 1.95 bits per heavy atom. The van der Waals surface area contributed by atoms with E-state index >= 15 is 0 Å². The number of halogens is 2. The lowest BCUT2D eigenvalue weighted by molar-refractivity contribution is 0.484. The van der Waals surface area contributed by atoms with Gasteiger partial charge in [0, 0.05) is 11.1 Å². The number of anilines is 1. The van der Waals surface area contributed by atoms with Crippen LogP contribution in [-0.4, -0.2) is 4.98 Å². The number of aromatic nitrogens is 1. The monoisotopic (exact) mass is 310 g/mol. The second-order valence-corrected chi connectivity index (χ2v) is 5.76. The van der Waals surface area contributed by atoms with Crippen molar-refractivity contribution in [2.24, 2.45) is 0 Å². The van der Waals surface area contributed by atoms with Gasteiger partial charge in [0.25, 0.3) is 0 Å². The lowest BCUT2D eigenvalue weighted by atomic mass is 10.3. The number of thiazole rings is 1. The zero-order valence-corrected chi connectivity index (χ0v) is 11.9. The molecule has 0 saturated carbocycles. The molecule has 3 nitrogen and oxygen atoms in total. The molecular weight excluding hydrogens is 303 g/mol. The van der Waals surface area contributed by atoms with Crippen LogP contribution in [0.25, 0.3) is 10.2 Å². The highest BCUT2D eigenvalue weighted by molar-refractivity contribution is 7.22. The second-order valence-electron chi connectivity index (χ2n) is 3.86. The highest BCUT2D eigenvalue weighted by Gasteiger charge is 2.06. The van der Waals surface area contributed by atoms with Gasteiger partial charge in [-0.15, -0.1) is 0 Å². The van der Waals surface area contributed by atoms with Gasteiger partial charge in [-0.3, -0.25) is 0 Å². The van der Waals surface area contributed by atoms with Gasteiger partial charge < -0.3 is 10.5 Å². The highest BCUT2D eigenvalue weighted by atomic mass is 35.5. The zero-order valence-electron chi connectivity index (χ0n) is 9.56. The summed E-state index contributed by atoms with van der Waals surface area (Å²) in [6.07, 6.45) is 0. The van der Waals surface area contributed by atoms with Crippen molar-refractivity contribution in [3.8, 4) is 11.5 Å². The third kappa shape index (κ3) is 2.61. The van der Waals surface area contributed by atoms with Crippen LogP contribution in [0.15, 0.2) is 36.4 Å². The van der Waals surface area contributed by atoms with E-state index in [1.54, 1.807) is 18.2 Å². The first-order valence-corrected chi connectivity index (χ1v) is 6.98. The molecule has 2 N–H and O–H groups in total. The molecule has 96 valence electrons. The van der Waals surface area contributed by atoms with E-state index in [-0.39, 0.29) is 0 Å². The average Bonchev–Trinajstić information content (AvgIpc) is 2.72. The molecule has 6 heteroatoms. The summed E-state index contributed by atoms with van der Waals surface area (Å²) < 4.78 is 6.70. The summed E-state index contributed by atoms with van der Waals surface area (Å²) in [5.74, 6) is 1.24. The second kappa shape index (κ2) is 4.89. The van der Waals surface area contributed by atoms with Crippen LogP contribution >= 0.6 is 34.5 Å². The van der Waals surface area contributed by atoms with Crippen molar-refractivity contribution in [2.75, 3.05) is 5.73 Å². The van der Waals surface area contributed by atoms with Crippen LogP contribution in [0.5, 0.6) is 11.5 Å². The number of rotatable bonds is 2. The van der Waals surface area contributed by atoms with E-state index in [0.717, 1.165) is 10.2 Å². The molecule has 0 saturated heterocycles. The van der Waals surface area contributed by atoms with Crippen LogP contribution in [0.4, 0.5) is 5.13 Å². The quantitative estimate of drug-likeness (QED) is 0.726. The van der Waals surface area contributed by atoms with Crippen LogP contribution in [0.3, 0.4) is 0 Å². The Bertz CT molecular complexity index is 757. The lowest BCUT2D eigenvalue weighted by Gasteiger charge is -2.07. The molecule has 0 spiro atoms. The first-order valence-electron chi connectivity index (χ1n) is 5.41. The van der Waals surface area contributed by atoms with Crippen molar-refractivity contribution in [2.45, 2.75) is 0 Å². The van der Waals surface area contributed by atoms with Gasteiger partial charge in [0.1, 0.15) is 11.5 Å². The van der Waals surface area contributed by atoms with Gasteiger partial charge >= 0.3 is 0 Å². The molecular formula is C13H8Cl2N2OS. The number of hydrogen-bond donors (Lipinski definition) is 1. The summed E-state index contributed by atoms with van der Waals surface area (Å²) in [6, 6.07) is 10.7. The summed E-state index contributed by atoms with van der Waals surface area (Å²) in [7, 11) is 0. The van der Waals surface area contributed by atoms with Crippen molar-refractivity contribution in [3.63, 3.8) is 0 Å². The molecule has 3 rings (SSSR count). The summed E-state index contributed by atoms with van der Waals surface area (Å²) in [5, 5.41) is 1.58. The van der Waals surface area contributed by atoms with Gasteiger partial charge in [0.15, 0.2) is 5.13 Å². The van der Waals surface area contributed by atoms with Gasteiger partial charge in [-0.2, -0.15) is 0 Å². The molecule has 1 aromatic heterocycles. The fourth-order valence-electron chi connectivity index (χ4n) is 1.67. The number of nitrogens with two attached hydrogens (primary N) is 1. The molecule has 0 aliphatic rings. The van der Waals surface area contributed by atoms with Gasteiger partial charge in [-0.25, -0.2) is 4.98 Å². The Morgan fingerprint density at radius 1 is 1.11 bits per heavy atom. The Labute approximate surface area is 123 Å². The standard InChI is InChI=1S/C13H8Cl2N2OS/c14-7-1-4-11(9(15)5-7)18-8-2-3-10-12(6-8)19-13(16)17-10/h1-6H,(H2,16,17). The molecule has 2 aromatic carbocycles. The van der Waals surface area contributed by atoms with Crippen LogP contribution in [0, 0.1) is 0 Å². The minimum atomic E-state index is 0.469. The van der Waals surface area contributed by atoms with E-state index in [1.807, 2.05) is 18.2 Å². The highest BCUT2D eigenvalue weighted by Crippen LogP contribution is 2.34. The molecule has 1 heterocycles. The Kier molecular flexibility index (Phi) is 3.22. The first-order chi connectivity index (χ1) is 9.11. The fourth-order valence-corrected chi connectivity index (χ4v) is 2.88. The summed E-state index contributed by atoms with van der Waals surface area (Å²) >= 11 is 13.3. The molecule has 0 aliphatic carbocycles. The van der Waals surface area contributed by atoms with Crippen LogP contribution in [0.2, 0.25) is 10.0 Å². The molecule has 0 bridgehead atoms. The molecule has 0 fully saturated rings. The topological polar surface area (TPSA) is 48.1 Å². The van der Waals surface area contributed by atoms with Crippen LogP contribution < -0.4 is 10.5 Å². The largest absolute Gasteiger partial charge is 0.456 e. The molecule has 0 radical (unpaired) electrons. The average molecular weight is 311 g/mol. The third-order valence-electron chi connectivity index (χ3n) is 2.50. The van der Waals surface area contributed by atoms with E-state index in [2.05, 4.69) is 4.98 Å². The van der Waals surface area contributed by atoms with Crippen LogP contribution in [-0.2, 0) is 0 Å². The lowest BCUT2D eigenvalue weighted by Crippen LogP contribution is -1.85. The van der Waals surface area contributed by atoms with Crippen molar-refractivity contribution < 1.29 is 4.74 Å². The van der Waals surface area contributed by atoms with Crippen molar-refractivity contribution in [1.82, 2.24) is 4.98 Å². The molecule has 19 heavy (non-hydrogen) atoms.